The van der Waals surface area contributed by atoms with Crippen molar-refractivity contribution in [1.29, 1.82) is 0 Å². The van der Waals surface area contributed by atoms with Crippen molar-refractivity contribution in [2.75, 3.05) is 25.2 Å². The van der Waals surface area contributed by atoms with Crippen molar-refractivity contribution >= 4 is 31.3 Å². The number of sulfone groups is 2. The van der Waals surface area contributed by atoms with Gasteiger partial charge in [-0.15, -0.1) is 0 Å². The van der Waals surface area contributed by atoms with Crippen molar-refractivity contribution in [3.05, 3.63) is 59.1 Å². The van der Waals surface area contributed by atoms with Gasteiger partial charge in [-0.1, -0.05) is 23.7 Å². The van der Waals surface area contributed by atoms with E-state index in [2.05, 4.69) is 5.32 Å². The maximum Gasteiger partial charge on any atom is 0.183 e. The SMILES string of the molecule is COc1ccc(S(=O)(=O)[C@H]2CS(=O)(=O)C[C@@H]2NCCc2ccc(Cl)cc2)cc1. The first-order valence-electron chi connectivity index (χ1n) is 8.77. The van der Waals surface area contributed by atoms with Crippen molar-refractivity contribution in [1.82, 2.24) is 5.32 Å². The van der Waals surface area contributed by atoms with E-state index in [0.717, 1.165) is 5.56 Å². The Labute approximate surface area is 170 Å². The van der Waals surface area contributed by atoms with Crippen LogP contribution in [-0.4, -0.2) is 53.3 Å². The Kier molecular flexibility index (Phi) is 6.34. The molecule has 0 amide bonds. The van der Waals surface area contributed by atoms with Crippen molar-refractivity contribution in [2.24, 2.45) is 0 Å². The molecule has 0 aromatic heterocycles. The second kappa shape index (κ2) is 8.41. The minimum Gasteiger partial charge on any atom is -0.497 e. The van der Waals surface area contributed by atoms with Crippen LogP contribution in [-0.2, 0) is 26.1 Å². The molecule has 2 atom stereocenters. The summed E-state index contributed by atoms with van der Waals surface area (Å²) < 4.78 is 55.5. The first kappa shape index (κ1) is 21.1. The number of benzene rings is 2. The summed E-state index contributed by atoms with van der Waals surface area (Å²) in [5.74, 6) is -0.0242. The molecule has 0 radical (unpaired) electrons. The highest BCUT2D eigenvalue weighted by Crippen LogP contribution is 2.27. The fraction of sp³-hybridized carbons (Fsp3) is 0.368. The summed E-state index contributed by atoms with van der Waals surface area (Å²) in [4.78, 5) is 0.0971. The van der Waals surface area contributed by atoms with Crippen molar-refractivity contribution in [2.45, 2.75) is 22.6 Å². The van der Waals surface area contributed by atoms with Crippen LogP contribution in [0.2, 0.25) is 5.02 Å². The molecule has 1 N–H and O–H groups in total. The second-order valence-electron chi connectivity index (χ2n) is 6.77. The lowest BCUT2D eigenvalue weighted by Crippen LogP contribution is -2.44. The lowest BCUT2D eigenvalue weighted by molar-refractivity contribution is 0.414. The van der Waals surface area contributed by atoms with Gasteiger partial charge in [0, 0.05) is 11.1 Å². The quantitative estimate of drug-likeness (QED) is 0.705. The van der Waals surface area contributed by atoms with E-state index in [-0.39, 0.29) is 16.4 Å². The van der Waals surface area contributed by atoms with Gasteiger partial charge in [0.1, 0.15) is 5.75 Å². The smallest absolute Gasteiger partial charge is 0.183 e. The largest absolute Gasteiger partial charge is 0.497 e. The predicted octanol–water partition coefficient (Wildman–Crippen LogP) is 2.12. The lowest BCUT2D eigenvalue weighted by atomic mass is 10.1. The van der Waals surface area contributed by atoms with Crippen LogP contribution in [0, 0.1) is 0 Å². The number of halogens is 1. The van der Waals surface area contributed by atoms with Crippen LogP contribution in [0.5, 0.6) is 5.75 Å². The third-order valence-corrected chi connectivity index (χ3v) is 9.24. The molecule has 1 fully saturated rings. The summed E-state index contributed by atoms with van der Waals surface area (Å²) in [7, 11) is -5.74. The van der Waals surface area contributed by atoms with Gasteiger partial charge < -0.3 is 10.1 Å². The Morgan fingerprint density at radius 2 is 1.71 bits per heavy atom. The van der Waals surface area contributed by atoms with Crippen LogP contribution in [0.25, 0.3) is 0 Å². The fourth-order valence-electron chi connectivity index (χ4n) is 3.30. The molecule has 28 heavy (non-hydrogen) atoms. The van der Waals surface area contributed by atoms with Gasteiger partial charge in [0.05, 0.1) is 28.8 Å². The summed E-state index contributed by atoms with van der Waals surface area (Å²) in [5, 5.41) is 2.76. The van der Waals surface area contributed by atoms with Crippen LogP contribution >= 0.6 is 11.6 Å². The average Bonchev–Trinajstić information content (AvgIpc) is 2.99. The molecule has 1 aliphatic rings. The summed E-state index contributed by atoms with van der Waals surface area (Å²) in [5.41, 5.74) is 1.03. The molecule has 0 saturated carbocycles. The third kappa shape index (κ3) is 4.86. The van der Waals surface area contributed by atoms with Gasteiger partial charge in [0.2, 0.25) is 0 Å². The maximum absolute atomic E-state index is 13.0. The Bertz CT molecular complexity index is 1020. The zero-order valence-electron chi connectivity index (χ0n) is 15.3. The summed E-state index contributed by atoms with van der Waals surface area (Å²) in [6, 6.07) is 12.7. The molecule has 0 spiro atoms. The maximum atomic E-state index is 13.0. The molecule has 2 aromatic rings. The van der Waals surface area contributed by atoms with Crippen LogP contribution < -0.4 is 10.1 Å². The molecule has 0 unspecified atom stereocenters. The zero-order chi connectivity index (χ0) is 20.4. The van der Waals surface area contributed by atoms with Gasteiger partial charge in [-0.3, -0.25) is 0 Å². The van der Waals surface area contributed by atoms with E-state index in [1.54, 1.807) is 24.3 Å². The van der Waals surface area contributed by atoms with Gasteiger partial charge in [-0.2, -0.15) is 0 Å². The number of rotatable bonds is 7. The minimum atomic E-state index is -3.80. The number of hydrogen-bond acceptors (Lipinski definition) is 6. The Morgan fingerprint density at radius 3 is 2.32 bits per heavy atom. The molecule has 0 aliphatic carbocycles. The molecular weight excluding hydrogens is 422 g/mol. The van der Waals surface area contributed by atoms with Gasteiger partial charge in [0.25, 0.3) is 0 Å². The Morgan fingerprint density at radius 1 is 1.07 bits per heavy atom. The monoisotopic (exact) mass is 443 g/mol. The van der Waals surface area contributed by atoms with Crippen molar-refractivity contribution in [3.8, 4) is 5.75 Å². The molecular formula is C19H22ClNO5S2. The zero-order valence-corrected chi connectivity index (χ0v) is 17.7. The van der Waals surface area contributed by atoms with Gasteiger partial charge in [-0.25, -0.2) is 16.8 Å². The molecule has 152 valence electrons. The summed E-state index contributed by atoms with van der Waals surface area (Å²) in [6.45, 7) is 0.469. The molecule has 9 heteroatoms. The molecule has 1 saturated heterocycles. The highest BCUT2D eigenvalue weighted by molar-refractivity contribution is 7.96. The van der Waals surface area contributed by atoms with Crippen LogP contribution in [0.1, 0.15) is 5.56 Å². The molecule has 1 aliphatic heterocycles. The molecule has 6 nitrogen and oxygen atoms in total. The Hall–Kier alpha value is -1.61. The first-order valence-corrected chi connectivity index (χ1v) is 12.5. The van der Waals surface area contributed by atoms with E-state index in [1.807, 2.05) is 12.1 Å². The van der Waals surface area contributed by atoms with E-state index in [0.29, 0.717) is 23.7 Å². The standard InChI is InChI=1S/C19H22ClNO5S2/c1-26-16-6-8-17(9-7-16)28(24,25)19-13-27(22,23)12-18(19)21-11-10-14-2-4-15(20)5-3-14/h2-9,18-19,21H,10-13H2,1H3/t18-,19-/m0/s1. The number of methoxy groups -OCH3 is 1. The molecule has 3 rings (SSSR count). The number of nitrogens with one attached hydrogen (secondary N) is 1. The van der Waals surface area contributed by atoms with E-state index >= 15 is 0 Å². The normalized spacial score (nSPS) is 21.5. The Balaban J connectivity index is 1.74. The number of ether oxygens (including phenoxy) is 1. The summed E-state index contributed by atoms with van der Waals surface area (Å²) in [6.07, 6.45) is 0.642. The highest BCUT2D eigenvalue weighted by atomic mass is 35.5. The fourth-order valence-corrected chi connectivity index (χ4v) is 8.15. The highest BCUT2D eigenvalue weighted by Gasteiger charge is 2.45. The molecule has 2 aromatic carbocycles. The van der Waals surface area contributed by atoms with E-state index in [4.69, 9.17) is 16.3 Å². The molecule has 1 heterocycles. The van der Waals surface area contributed by atoms with Crippen LogP contribution in [0.15, 0.2) is 53.4 Å². The second-order valence-corrected chi connectivity index (χ2v) is 11.5. The number of hydrogen-bond donors (Lipinski definition) is 1. The van der Waals surface area contributed by atoms with E-state index in [9.17, 15) is 16.8 Å². The topological polar surface area (TPSA) is 89.5 Å². The van der Waals surface area contributed by atoms with Crippen LogP contribution in [0.3, 0.4) is 0 Å². The van der Waals surface area contributed by atoms with Gasteiger partial charge >= 0.3 is 0 Å². The van der Waals surface area contributed by atoms with E-state index < -0.39 is 31.0 Å². The summed E-state index contributed by atoms with van der Waals surface area (Å²) >= 11 is 5.87. The van der Waals surface area contributed by atoms with Crippen molar-refractivity contribution < 1.29 is 21.6 Å². The van der Waals surface area contributed by atoms with Gasteiger partial charge in [0.15, 0.2) is 19.7 Å². The van der Waals surface area contributed by atoms with E-state index in [1.165, 1.54) is 19.2 Å². The average molecular weight is 444 g/mol. The lowest BCUT2D eigenvalue weighted by Gasteiger charge is -2.20. The van der Waals surface area contributed by atoms with Crippen molar-refractivity contribution in [3.63, 3.8) is 0 Å². The molecule has 0 bridgehead atoms. The minimum absolute atomic E-state index is 0.0971. The predicted molar refractivity (Wildman–Crippen MR) is 110 cm³/mol. The first-order chi connectivity index (χ1) is 13.2. The van der Waals surface area contributed by atoms with Crippen LogP contribution in [0.4, 0.5) is 0 Å². The third-order valence-electron chi connectivity index (χ3n) is 4.82. The van der Waals surface area contributed by atoms with Gasteiger partial charge in [-0.05, 0) is 54.9 Å².